The number of aliphatic hydroxyl groups excluding tert-OH is 5. The zero-order chi connectivity index (χ0) is 52.7. The smallest absolute Gasteiger partial charge is 0.303 e. The Morgan fingerprint density at radius 1 is 0.757 bits per heavy atom. The normalized spacial score (nSPS) is 26.4. The monoisotopic (exact) mass is 1030 g/mol. The molecule has 10 atom stereocenters. The summed E-state index contributed by atoms with van der Waals surface area (Å²) in [6, 6.07) is -1.59. The van der Waals surface area contributed by atoms with E-state index < -0.39 is 178 Å². The van der Waals surface area contributed by atoms with Gasteiger partial charge in [0.05, 0.1) is 42.7 Å². The fourth-order valence-corrected chi connectivity index (χ4v) is 8.97. The Morgan fingerprint density at radius 2 is 1.34 bits per heavy atom. The van der Waals surface area contributed by atoms with E-state index in [0.29, 0.717) is 11.5 Å². The Morgan fingerprint density at radius 3 is 1.89 bits per heavy atom. The molecule has 0 aliphatic carbocycles. The van der Waals surface area contributed by atoms with E-state index in [-0.39, 0.29) is 17.9 Å². The number of fused-ring (bicyclic) bond motifs is 2. The van der Waals surface area contributed by atoms with Gasteiger partial charge in [0, 0.05) is 62.0 Å². The van der Waals surface area contributed by atoms with Gasteiger partial charge >= 0.3 is 11.9 Å². The maximum Gasteiger partial charge on any atom is 0.303 e. The van der Waals surface area contributed by atoms with Crippen LogP contribution in [0, 0.1) is 5.92 Å². The number of benzene rings is 1. The van der Waals surface area contributed by atoms with Gasteiger partial charge in [0.1, 0.15) is 24.5 Å². The number of amides is 6. The summed E-state index contributed by atoms with van der Waals surface area (Å²) >= 11 is 2.48. The van der Waals surface area contributed by atoms with E-state index >= 15 is 0 Å². The molecule has 6 amide bonds. The molecule has 1 aromatic rings. The van der Waals surface area contributed by atoms with E-state index in [1.165, 1.54) is 30.4 Å². The van der Waals surface area contributed by atoms with Crippen LogP contribution in [0.4, 0.5) is 0 Å². The number of ketones is 1. The number of thioether (sulfide) groups is 2. The second-order valence-corrected chi connectivity index (χ2v) is 18.6. The van der Waals surface area contributed by atoms with Crippen LogP contribution >= 0.6 is 23.5 Å². The summed E-state index contributed by atoms with van der Waals surface area (Å²) in [6.07, 6.45) is -14.3. The van der Waals surface area contributed by atoms with Crippen LogP contribution in [0.1, 0.15) is 76.3 Å². The predicted molar refractivity (Wildman–Crippen MR) is 249 cm³/mol. The third-order valence-electron chi connectivity index (χ3n) is 10.6. The Labute approximate surface area is 411 Å². The zero-order valence-electron chi connectivity index (χ0n) is 38.5. The fourth-order valence-electron chi connectivity index (χ4n) is 6.90. The van der Waals surface area contributed by atoms with E-state index in [4.69, 9.17) is 5.73 Å². The lowest BCUT2D eigenvalue weighted by Gasteiger charge is -2.33. The van der Waals surface area contributed by atoms with Crippen LogP contribution in [-0.2, 0) is 54.7 Å². The average Bonchev–Trinajstić information content (AvgIpc) is 3.26. The standard InChI is InChI=1S/C42H66N8O18S2/c1-20(51)24-13-31(53)25(6-9-33(55)56)47-40(66)27(8-11-35(59)60)48-41(67)28(14-36(61)62)49-42(68)30(45-21(2)52)19-70-17-23-5-3-4-22(12-23)16-69-18-29(37(43)63)50-39(65)26(7-10-34(57)58)46-32(54)15-44-38(24)64/h3-5,12,20,24-30,34,36,41-42,48-49,51,57-58,61-62,67-68H,6-11,13-19H2,1-2H3,(H2,43,63)(H,44,64)(H,45,52)(H,46,54)(H,47,66)(H,50,65)(H,55,56)(H,59,60)/t20-,24+,25+,26+,27+,28+,29+,30+,41?,42?/m1/s1. The number of nitrogens with two attached hydrogens (primary N) is 1. The molecular weight excluding hydrogens is 969 g/mol. The molecule has 0 saturated carbocycles. The quantitative estimate of drug-likeness (QED) is 0.0774. The van der Waals surface area contributed by atoms with Crippen molar-refractivity contribution in [3.63, 3.8) is 0 Å². The van der Waals surface area contributed by atoms with E-state index in [0.717, 1.165) is 18.1 Å². The summed E-state index contributed by atoms with van der Waals surface area (Å²) in [5.74, 6) is -10.5. The van der Waals surface area contributed by atoms with Crippen molar-refractivity contribution in [1.82, 2.24) is 37.2 Å². The van der Waals surface area contributed by atoms with Gasteiger partial charge in [0.25, 0.3) is 0 Å². The average molecular weight is 1040 g/mol. The second-order valence-electron chi connectivity index (χ2n) is 16.6. The number of rotatable bonds is 14. The Balaban J connectivity index is 2.61. The van der Waals surface area contributed by atoms with Crippen molar-refractivity contribution < 1.29 is 89.1 Å². The molecule has 1 aliphatic heterocycles. The zero-order valence-corrected chi connectivity index (χ0v) is 40.2. The molecule has 394 valence electrons. The van der Waals surface area contributed by atoms with Crippen molar-refractivity contribution >= 4 is 76.7 Å². The summed E-state index contributed by atoms with van der Waals surface area (Å²) in [4.78, 5) is 115. The van der Waals surface area contributed by atoms with Gasteiger partial charge < -0.3 is 78.3 Å². The minimum Gasteiger partial charge on any atom is -0.481 e. The van der Waals surface area contributed by atoms with Crippen molar-refractivity contribution in [3.8, 4) is 0 Å². The lowest BCUT2D eigenvalue weighted by Crippen LogP contribution is -2.61. The number of Topliss-reactive ketones (excluding diaryl/α,β-unsaturated/α-hetero) is 1. The first-order valence-corrected chi connectivity index (χ1v) is 24.4. The molecule has 1 aliphatic rings. The summed E-state index contributed by atoms with van der Waals surface area (Å²) in [5.41, 5.74) is 7.18. The van der Waals surface area contributed by atoms with Crippen molar-refractivity contribution in [3.05, 3.63) is 35.4 Å². The van der Waals surface area contributed by atoms with Crippen molar-refractivity contribution in [1.29, 1.82) is 0 Å². The molecule has 70 heavy (non-hydrogen) atoms. The summed E-state index contributed by atoms with van der Waals surface area (Å²) in [7, 11) is 0. The maximum atomic E-state index is 13.8. The second kappa shape index (κ2) is 31.4. The first-order chi connectivity index (χ1) is 32.9. The highest BCUT2D eigenvalue weighted by molar-refractivity contribution is 7.98. The molecule has 0 radical (unpaired) electrons. The summed E-state index contributed by atoms with van der Waals surface area (Å²) in [5, 5.41) is 108. The van der Waals surface area contributed by atoms with Crippen LogP contribution in [0.3, 0.4) is 0 Å². The van der Waals surface area contributed by atoms with E-state index in [1.807, 2.05) is 6.07 Å². The lowest BCUT2D eigenvalue weighted by molar-refractivity contribution is -0.140. The Hall–Kier alpha value is -5.01. The molecule has 2 unspecified atom stereocenters. The molecule has 1 heterocycles. The number of carboxylic acids is 2. The predicted octanol–water partition coefficient (Wildman–Crippen LogP) is -5.24. The number of aliphatic hydroxyl groups is 7. The molecule has 0 aromatic heterocycles. The molecule has 0 fully saturated rings. The SMILES string of the molecule is CC(=O)N[C@H]1CSCc2cccc(c2)CSC[C@@H](C(N)=O)NC(=O)[C@H](CCC(O)O)NC(=O)CNC(=O)[C@H]([C@@H](C)O)CC(=O)[C@H](CCC(=O)O)NC(=O)[C@H](CCC(=O)O)NC(O)[C@H](CC(O)O)NC1O. The van der Waals surface area contributed by atoms with Gasteiger partial charge in [-0.15, -0.1) is 0 Å². The summed E-state index contributed by atoms with van der Waals surface area (Å²) in [6.45, 7) is 1.44. The van der Waals surface area contributed by atoms with Gasteiger partial charge in [0.15, 0.2) is 18.4 Å². The van der Waals surface area contributed by atoms with Crippen molar-refractivity contribution in [2.75, 3.05) is 18.1 Å². The van der Waals surface area contributed by atoms with Crippen molar-refractivity contribution in [2.45, 2.75) is 144 Å². The largest absolute Gasteiger partial charge is 0.481 e. The third-order valence-corrected chi connectivity index (χ3v) is 12.8. The van der Waals surface area contributed by atoms with Crippen LogP contribution in [0.5, 0.6) is 0 Å². The number of hydrogen-bond acceptors (Lipinski definition) is 20. The van der Waals surface area contributed by atoms with Crippen molar-refractivity contribution in [2.24, 2.45) is 11.7 Å². The maximum absolute atomic E-state index is 13.8. The number of carboxylic acid groups (broad SMARTS) is 2. The first-order valence-electron chi connectivity index (χ1n) is 22.1. The van der Waals surface area contributed by atoms with Gasteiger partial charge in [-0.2, -0.15) is 23.5 Å². The number of carbonyl (C=O) groups is 9. The van der Waals surface area contributed by atoms with Gasteiger partial charge in [0.2, 0.25) is 35.4 Å². The van der Waals surface area contributed by atoms with Crippen LogP contribution in [0.25, 0.3) is 0 Å². The molecule has 26 nitrogen and oxygen atoms in total. The molecule has 18 N–H and O–H groups in total. The van der Waals surface area contributed by atoms with Gasteiger partial charge in [-0.1, -0.05) is 24.3 Å². The van der Waals surface area contributed by atoms with E-state index in [2.05, 4.69) is 37.2 Å². The Kier molecular flexibility index (Phi) is 27.4. The van der Waals surface area contributed by atoms with Gasteiger partial charge in [-0.05, 0) is 37.3 Å². The molecule has 2 rings (SSSR count). The third kappa shape index (κ3) is 23.7. The highest BCUT2D eigenvalue weighted by Gasteiger charge is 2.36. The van der Waals surface area contributed by atoms with E-state index in [1.54, 1.807) is 18.2 Å². The number of aliphatic carboxylic acids is 2. The van der Waals surface area contributed by atoms with Crippen LogP contribution in [0.15, 0.2) is 24.3 Å². The molecule has 0 spiro atoms. The number of nitrogens with one attached hydrogen (secondary N) is 7. The van der Waals surface area contributed by atoms with Crippen LogP contribution in [0.2, 0.25) is 0 Å². The number of carbonyl (C=O) groups excluding carboxylic acids is 7. The summed E-state index contributed by atoms with van der Waals surface area (Å²) < 4.78 is 0. The lowest BCUT2D eigenvalue weighted by atomic mass is 9.91. The molecular formula is C42H66N8O18S2. The van der Waals surface area contributed by atoms with E-state index in [9.17, 15) is 89.1 Å². The number of hydrogen-bond donors (Lipinski definition) is 17. The first kappa shape index (κ1) is 61.1. The minimum absolute atomic E-state index is 0.0372. The molecule has 28 heteroatoms. The molecule has 1 aromatic carbocycles. The molecule has 2 bridgehead atoms. The fraction of sp³-hybridized carbons (Fsp3) is 0.643. The highest BCUT2D eigenvalue weighted by atomic mass is 32.2. The molecule has 0 saturated heterocycles. The Bertz CT molecular complexity index is 1930. The van der Waals surface area contributed by atoms with Crippen LogP contribution < -0.4 is 43.0 Å². The topological polar surface area (TPSA) is 446 Å². The van der Waals surface area contributed by atoms with Crippen LogP contribution in [-0.4, -0.2) is 185 Å². The highest BCUT2D eigenvalue weighted by Crippen LogP contribution is 2.20. The van der Waals surface area contributed by atoms with Gasteiger partial charge in [-0.3, -0.25) is 53.8 Å². The number of primary amides is 1. The van der Waals surface area contributed by atoms with Gasteiger partial charge in [-0.25, -0.2) is 0 Å². The minimum atomic E-state index is -2.13.